The minimum Gasteiger partial charge on any atom is -0.481 e. The number of nitrogens with zero attached hydrogens (tertiary/aromatic N) is 4. The first-order chi connectivity index (χ1) is 18.4. The van der Waals surface area contributed by atoms with Crippen molar-refractivity contribution in [3.63, 3.8) is 0 Å². The Morgan fingerprint density at radius 1 is 1.18 bits per heavy atom. The number of anilines is 3. The number of pyridine rings is 1. The highest BCUT2D eigenvalue weighted by Gasteiger charge is 2.33. The van der Waals surface area contributed by atoms with Gasteiger partial charge in [-0.25, -0.2) is 22.8 Å². The Labute approximate surface area is 225 Å². The van der Waals surface area contributed by atoms with Crippen molar-refractivity contribution >= 4 is 38.9 Å². The van der Waals surface area contributed by atoms with Gasteiger partial charge in [-0.2, -0.15) is 0 Å². The van der Waals surface area contributed by atoms with Gasteiger partial charge in [-0.1, -0.05) is 12.1 Å². The number of aromatic nitrogens is 3. The third kappa shape index (κ3) is 5.67. The molecule has 2 atom stereocenters. The fourth-order valence-electron chi connectivity index (χ4n) is 4.51. The van der Waals surface area contributed by atoms with Gasteiger partial charge in [0.25, 0.3) is 5.91 Å². The van der Waals surface area contributed by atoms with Crippen LogP contribution in [0.4, 0.5) is 21.6 Å². The summed E-state index contributed by atoms with van der Waals surface area (Å²) < 4.78 is 39.8. The van der Waals surface area contributed by atoms with Crippen LogP contribution >= 0.6 is 0 Å². The smallest absolute Gasteiger partial charge is 0.306 e. The van der Waals surface area contributed by atoms with Crippen molar-refractivity contribution in [2.24, 2.45) is 5.92 Å². The van der Waals surface area contributed by atoms with E-state index in [1.54, 1.807) is 37.8 Å². The van der Waals surface area contributed by atoms with Gasteiger partial charge >= 0.3 is 5.97 Å². The van der Waals surface area contributed by atoms with E-state index < -0.39 is 38.7 Å². The van der Waals surface area contributed by atoms with Crippen LogP contribution in [0.2, 0.25) is 0 Å². The predicted molar refractivity (Wildman–Crippen MR) is 144 cm³/mol. The molecule has 1 saturated heterocycles. The summed E-state index contributed by atoms with van der Waals surface area (Å²) in [6.45, 7) is 5.27. The van der Waals surface area contributed by atoms with Crippen LogP contribution in [-0.4, -0.2) is 58.2 Å². The van der Waals surface area contributed by atoms with E-state index in [1.807, 2.05) is 0 Å². The molecule has 2 unspecified atom stereocenters. The lowest BCUT2D eigenvalue weighted by Crippen LogP contribution is -2.43. The number of benzene rings is 1. The van der Waals surface area contributed by atoms with Gasteiger partial charge in [0.1, 0.15) is 5.69 Å². The molecule has 1 fully saturated rings. The Balaban J connectivity index is 1.61. The van der Waals surface area contributed by atoms with Gasteiger partial charge in [0.2, 0.25) is 0 Å². The predicted octanol–water partition coefficient (Wildman–Crippen LogP) is 3.38. The molecule has 11 nitrogen and oxygen atoms in total. The lowest BCUT2D eigenvalue weighted by molar-refractivity contribution is -0.142. The Kier molecular flexibility index (Phi) is 7.82. The number of amides is 1. The van der Waals surface area contributed by atoms with E-state index in [2.05, 4.69) is 20.3 Å². The second-order valence-electron chi connectivity index (χ2n) is 9.68. The zero-order valence-corrected chi connectivity index (χ0v) is 22.4. The second kappa shape index (κ2) is 10.9. The number of piperidine rings is 1. The molecule has 3 heterocycles. The van der Waals surface area contributed by atoms with E-state index in [4.69, 9.17) is 5.73 Å². The molecule has 4 rings (SSSR count). The summed E-state index contributed by atoms with van der Waals surface area (Å²) in [5.41, 5.74) is 6.71. The molecule has 0 spiro atoms. The van der Waals surface area contributed by atoms with Crippen LogP contribution in [0.25, 0.3) is 11.3 Å². The third-order valence-electron chi connectivity index (χ3n) is 6.75. The summed E-state index contributed by atoms with van der Waals surface area (Å²) in [4.78, 5) is 38.8. The number of nitrogens with two attached hydrogens (primary N) is 1. The Bertz CT molecular complexity index is 1510. The fourth-order valence-corrected chi connectivity index (χ4v) is 5.57. The summed E-state index contributed by atoms with van der Waals surface area (Å²) in [5, 5.41) is 11.4. The van der Waals surface area contributed by atoms with Crippen LogP contribution in [-0.2, 0) is 14.6 Å². The highest BCUT2D eigenvalue weighted by Crippen LogP contribution is 2.35. The monoisotopic (exact) mass is 556 g/mol. The highest BCUT2D eigenvalue weighted by atomic mass is 32.2. The van der Waals surface area contributed by atoms with Gasteiger partial charge in [0.15, 0.2) is 27.2 Å². The molecular weight excluding hydrogens is 527 g/mol. The summed E-state index contributed by atoms with van der Waals surface area (Å²) in [7, 11) is -3.46. The van der Waals surface area contributed by atoms with E-state index >= 15 is 0 Å². The van der Waals surface area contributed by atoms with Crippen LogP contribution in [0.1, 0.15) is 44.1 Å². The maximum Gasteiger partial charge on any atom is 0.306 e. The molecule has 0 radical (unpaired) electrons. The number of hydrogen-bond donors (Lipinski definition) is 3. The van der Waals surface area contributed by atoms with Gasteiger partial charge in [0, 0.05) is 18.2 Å². The first-order valence-electron chi connectivity index (χ1n) is 12.3. The fraction of sp³-hybridized carbons (Fsp3) is 0.346. The summed E-state index contributed by atoms with van der Waals surface area (Å²) >= 11 is 0. The second-order valence-corrected chi connectivity index (χ2v) is 12.2. The number of aliphatic carboxylic acids is 1. The minimum atomic E-state index is -3.46. The molecule has 206 valence electrons. The molecule has 0 saturated carbocycles. The molecule has 1 aromatic carbocycles. The number of nitrogens with one attached hydrogen (secondary N) is 1. The number of carbonyl (C=O) groups is 2. The number of sulfone groups is 1. The molecule has 0 aliphatic carbocycles. The molecule has 39 heavy (non-hydrogen) atoms. The maximum atomic E-state index is 15.0. The van der Waals surface area contributed by atoms with Crippen molar-refractivity contribution in [2.75, 3.05) is 22.5 Å². The van der Waals surface area contributed by atoms with Crippen LogP contribution in [0, 0.1) is 11.7 Å². The largest absolute Gasteiger partial charge is 0.481 e. The molecule has 1 aliphatic heterocycles. The van der Waals surface area contributed by atoms with Crippen molar-refractivity contribution in [3.05, 3.63) is 54.4 Å². The van der Waals surface area contributed by atoms with E-state index in [9.17, 15) is 27.5 Å². The molecular formula is C26H29FN6O5S. The van der Waals surface area contributed by atoms with E-state index in [-0.39, 0.29) is 46.1 Å². The highest BCUT2D eigenvalue weighted by molar-refractivity contribution is 7.92. The van der Waals surface area contributed by atoms with Crippen molar-refractivity contribution in [1.82, 2.24) is 15.0 Å². The van der Waals surface area contributed by atoms with Crippen molar-refractivity contribution in [1.29, 1.82) is 0 Å². The lowest BCUT2D eigenvalue weighted by Gasteiger charge is -2.38. The normalized spacial score (nSPS) is 17.7. The van der Waals surface area contributed by atoms with Gasteiger partial charge in [-0.15, -0.1) is 0 Å². The molecule has 4 N–H and O–H groups in total. The van der Waals surface area contributed by atoms with Crippen LogP contribution in [0.3, 0.4) is 0 Å². The van der Waals surface area contributed by atoms with Crippen molar-refractivity contribution in [3.8, 4) is 11.3 Å². The van der Waals surface area contributed by atoms with Gasteiger partial charge in [-0.3, -0.25) is 14.6 Å². The first-order valence-corrected chi connectivity index (χ1v) is 13.9. The average Bonchev–Trinajstić information content (AvgIpc) is 2.89. The summed E-state index contributed by atoms with van der Waals surface area (Å²) in [6, 6.07) is 5.74. The molecule has 3 aromatic rings. The average molecular weight is 557 g/mol. The van der Waals surface area contributed by atoms with E-state index in [1.165, 1.54) is 24.5 Å². The van der Waals surface area contributed by atoms with Gasteiger partial charge < -0.3 is 21.1 Å². The zero-order valence-electron chi connectivity index (χ0n) is 21.6. The Hall–Kier alpha value is -4.13. The van der Waals surface area contributed by atoms with Crippen molar-refractivity contribution < 1.29 is 27.5 Å². The number of carboxylic acid groups (broad SMARTS) is 1. The minimum absolute atomic E-state index is 0.0791. The first kappa shape index (κ1) is 27.9. The summed E-state index contributed by atoms with van der Waals surface area (Å²) in [5.74, 6) is -3.00. The molecule has 13 heteroatoms. The number of nitrogen functional groups attached to an aromatic ring is 1. The topological polar surface area (TPSA) is 168 Å². The molecule has 2 aromatic heterocycles. The van der Waals surface area contributed by atoms with E-state index in [0.29, 0.717) is 18.4 Å². The third-order valence-corrected chi connectivity index (χ3v) is 8.92. The maximum absolute atomic E-state index is 15.0. The quantitative estimate of drug-likeness (QED) is 0.392. The number of carboxylic acids is 1. The Morgan fingerprint density at radius 2 is 1.87 bits per heavy atom. The van der Waals surface area contributed by atoms with Crippen molar-refractivity contribution in [2.45, 2.75) is 49.8 Å². The SMILES string of the molecule is CC1CC(C(=O)O)CCN1c1c(F)cncc1NC(=O)c1nc(-c2ccc(S(=O)(=O)C(C)C)cc2)cnc1N. The lowest BCUT2D eigenvalue weighted by atomic mass is 9.91. The number of halogens is 1. The number of carbonyl (C=O) groups excluding carboxylic acids is 1. The standard InChI is InChI=1S/C26H29FN6O5S/c1-14(2)39(37,38)18-6-4-16(5-7-18)20-13-30-24(28)22(31-20)25(34)32-21-12-29-11-19(27)23(21)33-9-8-17(26(35)36)10-15(33)3/h4-7,11-15,17H,8-10H2,1-3H3,(H2,28,30)(H,32,34)(H,35,36). The number of hydrogen-bond acceptors (Lipinski definition) is 9. The Morgan fingerprint density at radius 3 is 2.49 bits per heavy atom. The zero-order chi connectivity index (χ0) is 28.5. The van der Waals surface area contributed by atoms with Crippen LogP contribution in [0.15, 0.2) is 47.8 Å². The molecule has 1 amide bonds. The summed E-state index contributed by atoms with van der Waals surface area (Å²) in [6.07, 6.45) is 4.34. The van der Waals surface area contributed by atoms with Crippen LogP contribution < -0.4 is 16.0 Å². The number of rotatable bonds is 7. The van der Waals surface area contributed by atoms with Crippen LogP contribution in [0.5, 0.6) is 0 Å². The van der Waals surface area contributed by atoms with E-state index in [0.717, 1.165) is 6.20 Å². The van der Waals surface area contributed by atoms with Gasteiger partial charge in [-0.05, 0) is 45.7 Å². The van der Waals surface area contributed by atoms with Gasteiger partial charge in [0.05, 0.1) is 46.0 Å². The molecule has 1 aliphatic rings. The molecule has 0 bridgehead atoms.